The smallest absolute Gasteiger partial charge is 0.132 e. The molecular weight excluding hydrogens is 222 g/mol. The first kappa shape index (κ1) is 10.7. The number of aromatic nitrogens is 2. The normalized spacial score (nSPS) is 10.5. The molecule has 3 heteroatoms. The maximum absolute atomic E-state index is 4.37. The monoisotopic (exact) mass is 235 g/mol. The summed E-state index contributed by atoms with van der Waals surface area (Å²) < 4.78 is 0. The van der Waals surface area contributed by atoms with Crippen LogP contribution in [-0.4, -0.2) is 17.0 Å². The highest BCUT2D eigenvalue weighted by atomic mass is 15.2. The summed E-state index contributed by atoms with van der Waals surface area (Å²) in [5.74, 6) is 0.924. The minimum atomic E-state index is 0.924. The zero-order valence-electron chi connectivity index (χ0n) is 10.1. The molecule has 0 atom stereocenters. The first-order chi connectivity index (χ1) is 8.84. The maximum atomic E-state index is 4.37. The summed E-state index contributed by atoms with van der Waals surface area (Å²) in [6.45, 7) is 0. The molecule has 0 aliphatic carbocycles. The lowest BCUT2D eigenvalue weighted by molar-refractivity contribution is 1.13. The van der Waals surface area contributed by atoms with Crippen LogP contribution in [0.25, 0.3) is 10.9 Å². The molecule has 3 aromatic rings. The largest absolute Gasteiger partial charge is 0.329 e. The summed E-state index contributed by atoms with van der Waals surface area (Å²) in [6.07, 6.45) is 3.61. The number of benzene rings is 1. The third kappa shape index (κ3) is 1.91. The zero-order valence-corrected chi connectivity index (χ0v) is 10.1. The molecular formula is C15H13N3. The van der Waals surface area contributed by atoms with Crippen LogP contribution in [-0.2, 0) is 0 Å². The second-order valence-electron chi connectivity index (χ2n) is 4.13. The van der Waals surface area contributed by atoms with E-state index in [2.05, 4.69) is 34.2 Å². The van der Waals surface area contributed by atoms with E-state index in [1.165, 1.54) is 0 Å². The van der Waals surface area contributed by atoms with Crippen molar-refractivity contribution in [3.63, 3.8) is 0 Å². The molecule has 88 valence electrons. The van der Waals surface area contributed by atoms with Gasteiger partial charge in [0.2, 0.25) is 0 Å². The van der Waals surface area contributed by atoms with E-state index in [4.69, 9.17) is 0 Å². The minimum Gasteiger partial charge on any atom is -0.329 e. The molecule has 18 heavy (non-hydrogen) atoms. The average Bonchev–Trinajstić information content (AvgIpc) is 2.47. The number of anilines is 2. The number of pyridine rings is 2. The zero-order chi connectivity index (χ0) is 12.4. The van der Waals surface area contributed by atoms with E-state index in [1.54, 1.807) is 6.20 Å². The lowest BCUT2D eigenvalue weighted by Gasteiger charge is -2.18. The van der Waals surface area contributed by atoms with Gasteiger partial charge < -0.3 is 4.90 Å². The standard InChI is InChI=1S/C15H13N3/c1-18(15-6-2-3-9-17-15)13-8-7-12-5-4-10-16-14(12)11-13/h2-11H,1H3. The van der Waals surface area contributed by atoms with Crippen molar-refractivity contribution in [2.45, 2.75) is 0 Å². The van der Waals surface area contributed by atoms with Gasteiger partial charge in [0, 0.05) is 30.5 Å². The first-order valence-electron chi connectivity index (χ1n) is 5.84. The summed E-state index contributed by atoms with van der Waals surface area (Å²) in [4.78, 5) is 10.8. The quantitative estimate of drug-likeness (QED) is 0.681. The van der Waals surface area contributed by atoms with Gasteiger partial charge in [0.25, 0.3) is 0 Å². The molecule has 0 aliphatic heterocycles. The van der Waals surface area contributed by atoms with Gasteiger partial charge in [-0.3, -0.25) is 4.98 Å². The van der Waals surface area contributed by atoms with Crippen LogP contribution >= 0.6 is 0 Å². The molecule has 2 heterocycles. The Morgan fingerprint density at radius 3 is 2.61 bits per heavy atom. The highest BCUT2D eigenvalue weighted by Gasteiger charge is 2.05. The van der Waals surface area contributed by atoms with Gasteiger partial charge >= 0.3 is 0 Å². The Morgan fingerprint density at radius 1 is 0.889 bits per heavy atom. The van der Waals surface area contributed by atoms with Gasteiger partial charge in [-0.1, -0.05) is 18.2 Å². The molecule has 0 spiro atoms. The summed E-state index contributed by atoms with van der Waals surface area (Å²) in [7, 11) is 2.01. The van der Waals surface area contributed by atoms with Crippen molar-refractivity contribution in [2.24, 2.45) is 0 Å². The topological polar surface area (TPSA) is 29.0 Å². The summed E-state index contributed by atoms with van der Waals surface area (Å²) in [6, 6.07) is 16.1. The van der Waals surface area contributed by atoms with E-state index < -0.39 is 0 Å². The maximum Gasteiger partial charge on any atom is 0.132 e. The predicted molar refractivity (Wildman–Crippen MR) is 74.0 cm³/mol. The average molecular weight is 235 g/mol. The summed E-state index contributed by atoms with van der Waals surface area (Å²) in [5.41, 5.74) is 2.08. The van der Waals surface area contributed by atoms with Gasteiger partial charge in [-0.05, 0) is 30.3 Å². The Hall–Kier alpha value is -2.42. The van der Waals surface area contributed by atoms with E-state index in [0.717, 1.165) is 22.4 Å². The second-order valence-corrected chi connectivity index (χ2v) is 4.13. The molecule has 0 saturated carbocycles. The van der Waals surface area contributed by atoms with Gasteiger partial charge in [0.1, 0.15) is 5.82 Å². The molecule has 0 aliphatic rings. The Balaban J connectivity index is 2.04. The van der Waals surface area contributed by atoms with E-state index >= 15 is 0 Å². The van der Waals surface area contributed by atoms with Crippen LogP contribution in [0.3, 0.4) is 0 Å². The molecule has 0 amide bonds. The van der Waals surface area contributed by atoms with Crippen molar-refractivity contribution in [3.8, 4) is 0 Å². The SMILES string of the molecule is CN(c1ccc2cccnc2c1)c1ccccn1. The number of hydrogen-bond acceptors (Lipinski definition) is 3. The molecule has 1 aromatic carbocycles. The molecule has 0 unspecified atom stereocenters. The molecule has 3 rings (SSSR count). The summed E-state index contributed by atoms with van der Waals surface area (Å²) in [5, 5.41) is 1.15. The Labute approximate surface area is 106 Å². The van der Waals surface area contributed by atoms with Crippen LogP contribution in [0.15, 0.2) is 60.9 Å². The van der Waals surface area contributed by atoms with Crippen LogP contribution < -0.4 is 4.90 Å². The molecule has 0 saturated heterocycles. The van der Waals surface area contributed by atoms with Gasteiger partial charge in [-0.15, -0.1) is 0 Å². The predicted octanol–water partition coefficient (Wildman–Crippen LogP) is 3.40. The van der Waals surface area contributed by atoms with Crippen LogP contribution in [0.1, 0.15) is 0 Å². The van der Waals surface area contributed by atoms with Gasteiger partial charge in [0.05, 0.1) is 5.52 Å². The highest BCUT2D eigenvalue weighted by Crippen LogP contribution is 2.24. The molecule has 0 N–H and O–H groups in total. The van der Waals surface area contributed by atoms with Crippen molar-refractivity contribution in [1.29, 1.82) is 0 Å². The lowest BCUT2D eigenvalue weighted by Crippen LogP contribution is -2.10. The van der Waals surface area contributed by atoms with Crippen molar-refractivity contribution >= 4 is 22.4 Å². The van der Waals surface area contributed by atoms with Gasteiger partial charge in [-0.25, -0.2) is 4.98 Å². The molecule has 0 fully saturated rings. The van der Waals surface area contributed by atoms with Gasteiger partial charge in [-0.2, -0.15) is 0 Å². The van der Waals surface area contributed by atoms with Crippen LogP contribution in [0.2, 0.25) is 0 Å². The number of rotatable bonds is 2. The fraction of sp³-hybridized carbons (Fsp3) is 0.0667. The molecule has 0 radical (unpaired) electrons. The summed E-state index contributed by atoms with van der Waals surface area (Å²) >= 11 is 0. The lowest BCUT2D eigenvalue weighted by atomic mass is 10.2. The number of nitrogens with zero attached hydrogens (tertiary/aromatic N) is 3. The fourth-order valence-corrected chi connectivity index (χ4v) is 1.95. The Kier molecular flexibility index (Phi) is 2.65. The molecule has 3 nitrogen and oxygen atoms in total. The number of fused-ring (bicyclic) bond motifs is 1. The van der Waals surface area contributed by atoms with E-state index in [0.29, 0.717) is 0 Å². The Morgan fingerprint density at radius 2 is 1.78 bits per heavy atom. The third-order valence-electron chi connectivity index (χ3n) is 2.97. The van der Waals surface area contributed by atoms with Crippen LogP contribution in [0.4, 0.5) is 11.5 Å². The van der Waals surface area contributed by atoms with Crippen LogP contribution in [0.5, 0.6) is 0 Å². The van der Waals surface area contributed by atoms with E-state index in [1.807, 2.05) is 42.4 Å². The van der Waals surface area contributed by atoms with E-state index in [9.17, 15) is 0 Å². The third-order valence-corrected chi connectivity index (χ3v) is 2.97. The second kappa shape index (κ2) is 4.45. The fourth-order valence-electron chi connectivity index (χ4n) is 1.95. The molecule has 0 bridgehead atoms. The van der Waals surface area contributed by atoms with Crippen molar-refractivity contribution in [1.82, 2.24) is 9.97 Å². The number of hydrogen-bond donors (Lipinski definition) is 0. The Bertz CT molecular complexity index is 665. The van der Waals surface area contributed by atoms with E-state index in [-0.39, 0.29) is 0 Å². The van der Waals surface area contributed by atoms with Crippen molar-refractivity contribution in [3.05, 3.63) is 60.9 Å². The van der Waals surface area contributed by atoms with Gasteiger partial charge in [0.15, 0.2) is 0 Å². The minimum absolute atomic E-state index is 0.924. The molecule has 2 aromatic heterocycles. The van der Waals surface area contributed by atoms with Crippen molar-refractivity contribution in [2.75, 3.05) is 11.9 Å². The highest BCUT2D eigenvalue weighted by molar-refractivity contribution is 5.83. The van der Waals surface area contributed by atoms with Crippen LogP contribution in [0, 0.1) is 0 Å². The van der Waals surface area contributed by atoms with Crippen molar-refractivity contribution < 1.29 is 0 Å². The first-order valence-corrected chi connectivity index (χ1v) is 5.84.